The monoisotopic (exact) mass is 289 g/mol. The molecule has 2 rings (SSSR count). The van der Waals surface area contributed by atoms with Crippen LogP contribution in [-0.2, 0) is 15.9 Å². The number of rotatable bonds is 9. The maximum atomic E-state index is 5.72. The van der Waals surface area contributed by atoms with Crippen molar-refractivity contribution < 1.29 is 9.47 Å². The summed E-state index contributed by atoms with van der Waals surface area (Å²) >= 11 is 0. The lowest BCUT2D eigenvalue weighted by Crippen LogP contribution is -2.22. The maximum Gasteiger partial charge on any atom is 0.157 e. The molecular weight excluding hydrogens is 262 g/mol. The van der Waals surface area contributed by atoms with Crippen molar-refractivity contribution in [1.82, 2.24) is 4.98 Å². The first-order valence-corrected chi connectivity index (χ1v) is 8.22. The predicted octanol–water partition coefficient (Wildman–Crippen LogP) is 4.28. The van der Waals surface area contributed by atoms with E-state index in [0.29, 0.717) is 0 Å². The number of aromatic nitrogens is 1. The topological polar surface area (TPSA) is 31.4 Å². The zero-order valence-corrected chi connectivity index (χ0v) is 12.9. The highest BCUT2D eigenvalue weighted by Gasteiger charge is 2.12. The maximum absolute atomic E-state index is 5.72. The largest absolute Gasteiger partial charge is 0.353 e. The predicted molar refractivity (Wildman–Crippen MR) is 85.1 cm³/mol. The van der Waals surface area contributed by atoms with Gasteiger partial charge in [0, 0.05) is 25.6 Å². The third-order valence-corrected chi connectivity index (χ3v) is 3.70. The van der Waals surface area contributed by atoms with Crippen LogP contribution < -0.4 is 0 Å². The number of pyridine rings is 1. The lowest BCUT2D eigenvalue weighted by molar-refractivity contribution is -0.162. The van der Waals surface area contributed by atoms with Crippen LogP contribution in [0.25, 0.3) is 0 Å². The minimum absolute atomic E-state index is 0.0637. The normalized spacial score (nSPS) is 19.1. The summed E-state index contributed by atoms with van der Waals surface area (Å²) in [7, 11) is 0. The van der Waals surface area contributed by atoms with Gasteiger partial charge in [-0.1, -0.05) is 18.2 Å². The van der Waals surface area contributed by atoms with Gasteiger partial charge in [-0.05, 0) is 63.0 Å². The van der Waals surface area contributed by atoms with Crippen molar-refractivity contribution in [3.63, 3.8) is 0 Å². The van der Waals surface area contributed by atoms with Gasteiger partial charge in [-0.25, -0.2) is 0 Å². The first-order chi connectivity index (χ1) is 10.4. The van der Waals surface area contributed by atoms with Gasteiger partial charge in [0.1, 0.15) is 0 Å². The summed E-state index contributed by atoms with van der Waals surface area (Å²) in [6.07, 6.45) is 17.5. The lowest BCUT2D eigenvalue weighted by atomic mass is 10.1. The number of aryl methyl sites for hydroxylation is 1. The fourth-order valence-corrected chi connectivity index (χ4v) is 2.45. The van der Waals surface area contributed by atoms with Crippen molar-refractivity contribution >= 4 is 0 Å². The molecule has 0 amide bonds. The van der Waals surface area contributed by atoms with E-state index in [1.807, 2.05) is 18.5 Å². The zero-order chi connectivity index (χ0) is 14.6. The zero-order valence-electron chi connectivity index (χ0n) is 12.9. The molecule has 0 aromatic carbocycles. The molecule has 0 radical (unpaired) electrons. The number of unbranched alkanes of at least 4 members (excludes halogenated alkanes) is 2. The second-order valence-corrected chi connectivity index (χ2v) is 5.53. The van der Waals surface area contributed by atoms with E-state index in [1.54, 1.807) is 0 Å². The van der Waals surface area contributed by atoms with Crippen LogP contribution in [0.5, 0.6) is 0 Å². The van der Waals surface area contributed by atoms with Gasteiger partial charge in [-0.2, -0.15) is 0 Å². The molecule has 1 aliphatic heterocycles. The summed E-state index contributed by atoms with van der Waals surface area (Å²) in [6.45, 7) is 1.69. The summed E-state index contributed by atoms with van der Waals surface area (Å²) in [5.74, 6) is 0. The number of hydrogen-bond donors (Lipinski definition) is 0. The first-order valence-electron chi connectivity index (χ1n) is 8.22. The molecule has 1 aliphatic rings. The number of hydrogen-bond acceptors (Lipinski definition) is 3. The fourth-order valence-electron chi connectivity index (χ4n) is 2.45. The van der Waals surface area contributed by atoms with Crippen molar-refractivity contribution in [3.8, 4) is 0 Å². The second-order valence-electron chi connectivity index (χ2n) is 5.53. The molecule has 1 saturated heterocycles. The van der Waals surface area contributed by atoms with E-state index in [4.69, 9.17) is 9.47 Å². The van der Waals surface area contributed by atoms with Crippen LogP contribution in [0.3, 0.4) is 0 Å². The Kier molecular flexibility index (Phi) is 8.11. The van der Waals surface area contributed by atoms with E-state index >= 15 is 0 Å². The van der Waals surface area contributed by atoms with Crippen molar-refractivity contribution in [2.24, 2.45) is 0 Å². The van der Waals surface area contributed by atoms with Gasteiger partial charge in [0.15, 0.2) is 6.29 Å². The van der Waals surface area contributed by atoms with Gasteiger partial charge >= 0.3 is 0 Å². The molecule has 116 valence electrons. The highest BCUT2D eigenvalue weighted by molar-refractivity contribution is 5.09. The standard InChI is InChI=1S/C18H27NO2/c1(3-5-10-17-11-9-13-19-16-17)2-4-7-14-20-18-12-6-8-15-21-18/h1,3,9,11,13,16,18H,2,4-8,10,12,14-15H2/b3-1-. The molecule has 0 saturated carbocycles. The van der Waals surface area contributed by atoms with Crippen LogP contribution in [-0.4, -0.2) is 24.5 Å². The Balaban J connectivity index is 1.41. The van der Waals surface area contributed by atoms with Crippen molar-refractivity contribution in [3.05, 3.63) is 42.2 Å². The van der Waals surface area contributed by atoms with Gasteiger partial charge in [0.2, 0.25) is 0 Å². The van der Waals surface area contributed by atoms with Crippen LogP contribution in [0.2, 0.25) is 0 Å². The minimum atomic E-state index is 0.0637. The Labute approximate surface area is 128 Å². The van der Waals surface area contributed by atoms with Gasteiger partial charge in [0.05, 0.1) is 0 Å². The molecule has 0 bridgehead atoms. The number of allylic oxidation sites excluding steroid dienone is 2. The molecule has 3 nitrogen and oxygen atoms in total. The highest BCUT2D eigenvalue weighted by Crippen LogP contribution is 2.14. The molecule has 0 spiro atoms. The van der Waals surface area contributed by atoms with Gasteiger partial charge < -0.3 is 9.47 Å². The molecule has 3 heteroatoms. The fraction of sp³-hybridized carbons (Fsp3) is 0.611. The van der Waals surface area contributed by atoms with Gasteiger partial charge in [0.25, 0.3) is 0 Å². The third kappa shape index (κ3) is 7.39. The third-order valence-electron chi connectivity index (χ3n) is 3.70. The molecule has 21 heavy (non-hydrogen) atoms. The van der Waals surface area contributed by atoms with Crippen molar-refractivity contribution in [2.45, 2.75) is 57.7 Å². The van der Waals surface area contributed by atoms with Crippen molar-refractivity contribution in [1.29, 1.82) is 0 Å². The van der Waals surface area contributed by atoms with Crippen LogP contribution in [0.4, 0.5) is 0 Å². The summed E-state index contributed by atoms with van der Waals surface area (Å²) in [5.41, 5.74) is 1.31. The SMILES string of the molecule is C(=C/CCc1cccnc1)/CCCCOC1CCCCO1. The molecule has 2 heterocycles. The Morgan fingerprint density at radius 3 is 3.00 bits per heavy atom. The Bertz CT molecular complexity index is 385. The Morgan fingerprint density at radius 1 is 1.24 bits per heavy atom. The number of ether oxygens (including phenoxy) is 2. The van der Waals surface area contributed by atoms with E-state index < -0.39 is 0 Å². The van der Waals surface area contributed by atoms with Gasteiger partial charge in [-0.3, -0.25) is 4.98 Å². The van der Waals surface area contributed by atoms with E-state index in [0.717, 1.165) is 45.3 Å². The summed E-state index contributed by atoms with van der Waals surface area (Å²) in [5, 5.41) is 0. The summed E-state index contributed by atoms with van der Waals surface area (Å²) in [4.78, 5) is 4.12. The quantitative estimate of drug-likeness (QED) is 0.502. The van der Waals surface area contributed by atoms with Crippen molar-refractivity contribution in [2.75, 3.05) is 13.2 Å². The van der Waals surface area contributed by atoms with Gasteiger partial charge in [-0.15, -0.1) is 0 Å². The molecule has 0 aliphatic carbocycles. The van der Waals surface area contributed by atoms with Crippen LogP contribution >= 0.6 is 0 Å². The van der Waals surface area contributed by atoms with Crippen LogP contribution in [0.15, 0.2) is 36.7 Å². The molecule has 1 aromatic heterocycles. The molecule has 1 atom stereocenters. The Morgan fingerprint density at radius 2 is 2.19 bits per heavy atom. The highest BCUT2D eigenvalue weighted by atomic mass is 16.7. The average molecular weight is 289 g/mol. The molecule has 1 fully saturated rings. The minimum Gasteiger partial charge on any atom is -0.353 e. The smallest absolute Gasteiger partial charge is 0.157 e. The van der Waals surface area contributed by atoms with E-state index in [-0.39, 0.29) is 6.29 Å². The second kappa shape index (κ2) is 10.5. The summed E-state index contributed by atoms with van der Waals surface area (Å²) < 4.78 is 11.3. The molecular formula is C18H27NO2. The Hall–Kier alpha value is -1.19. The molecule has 0 N–H and O–H groups in total. The van der Waals surface area contributed by atoms with E-state index in [1.165, 1.54) is 24.8 Å². The average Bonchev–Trinajstić information content (AvgIpc) is 2.55. The van der Waals surface area contributed by atoms with Crippen LogP contribution in [0, 0.1) is 0 Å². The summed E-state index contributed by atoms with van der Waals surface area (Å²) in [6, 6.07) is 4.13. The van der Waals surface area contributed by atoms with Crippen LogP contribution in [0.1, 0.15) is 50.5 Å². The molecule has 1 aromatic rings. The first kappa shape index (κ1) is 16.2. The van der Waals surface area contributed by atoms with E-state index in [2.05, 4.69) is 23.2 Å². The van der Waals surface area contributed by atoms with E-state index in [9.17, 15) is 0 Å². The lowest BCUT2D eigenvalue weighted by Gasteiger charge is -2.22. The molecule has 1 unspecified atom stereocenters. The number of nitrogens with zero attached hydrogens (tertiary/aromatic N) is 1.